The van der Waals surface area contributed by atoms with Gasteiger partial charge >= 0.3 is 11.9 Å². The van der Waals surface area contributed by atoms with Crippen molar-refractivity contribution in [2.75, 3.05) is 0 Å². The zero-order chi connectivity index (χ0) is 11.4. The van der Waals surface area contributed by atoms with Crippen LogP contribution in [-0.4, -0.2) is 16.7 Å². The fraction of sp³-hybridized carbons (Fsp3) is 0.143. The van der Waals surface area contributed by atoms with Gasteiger partial charge in [-0.1, -0.05) is 0 Å². The second-order valence-corrected chi connectivity index (χ2v) is 2.57. The number of nitrogens with two attached hydrogens (primary N) is 1. The molecule has 0 spiro atoms. The third kappa shape index (κ3) is 2.79. The minimum atomic E-state index is -0.824. The molecule has 0 aliphatic carbocycles. The summed E-state index contributed by atoms with van der Waals surface area (Å²) in [7, 11) is 0. The van der Waals surface area contributed by atoms with Crippen LogP contribution in [0.2, 0.25) is 0 Å². The van der Waals surface area contributed by atoms with E-state index in [2.05, 4.69) is 5.10 Å². The number of primary amides is 1. The molecule has 1 heterocycles. The van der Waals surface area contributed by atoms with E-state index in [1.54, 1.807) is 0 Å². The van der Waals surface area contributed by atoms with Crippen LogP contribution in [0.5, 0.6) is 0 Å². The second-order valence-electron chi connectivity index (χ2n) is 2.57. The molecule has 0 aliphatic rings. The van der Waals surface area contributed by atoms with Gasteiger partial charge in [0.1, 0.15) is 10.6 Å². The van der Waals surface area contributed by atoms with Gasteiger partial charge in [-0.2, -0.15) is 5.10 Å². The fourth-order valence-corrected chi connectivity index (χ4v) is 0.814. The van der Waals surface area contributed by atoms with Crippen LogP contribution < -0.4 is 11.2 Å². The third-order valence-electron chi connectivity index (χ3n) is 1.46. The van der Waals surface area contributed by atoms with Gasteiger partial charge in [0.2, 0.25) is 0 Å². The lowest BCUT2D eigenvalue weighted by molar-refractivity contribution is -0.402. The summed E-state index contributed by atoms with van der Waals surface area (Å²) in [6.07, 6.45) is 0. The number of nitrogens with zero attached hydrogens (tertiary/aromatic N) is 2. The van der Waals surface area contributed by atoms with Crippen molar-refractivity contribution in [1.29, 1.82) is 0 Å². The number of nitrogens with one attached hydrogen (secondary N) is 1. The first-order valence-electron chi connectivity index (χ1n) is 3.85. The number of hydrogen-bond donors (Lipinski definition) is 2. The van der Waals surface area contributed by atoms with E-state index in [0.29, 0.717) is 0 Å². The van der Waals surface area contributed by atoms with Crippen LogP contribution in [0.4, 0.5) is 10.7 Å². The van der Waals surface area contributed by atoms with Crippen molar-refractivity contribution in [3.05, 3.63) is 28.0 Å². The molecule has 80 valence electrons. The Labute approximate surface area is 83.9 Å². The highest BCUT2D eigenvalue weighted by Crippen LogP contribution is 2.15. The Morgan fingerprint density at radius 3 is 2.80 bits per heavy atom. The minimum absolute atomic E-state index is 0.190. The van der Waals surface area contributed by atoms with Crippen molar-refractivity contribution in [1.82, 2.24) is 5.43 Å². The number of amides is 2. The molecule has 0 atom stereocenters. The van der Waals surface area contributed by atoms with Crippen LogP contribution in [-0.2, 0) is 0 Å². The first-order valence-corrected chi connectivity index (χ1v) is 3.85. The highest BCUT2D eigenvalue weighted by atomic mass is 16.6. The molecule has 0 aliphatic heterocycles. The zero-order valence-corrected chi connectivity index (χ0v) is 7.76. The fourth-order valence-electron chi connectivity index (χ4n) is 0.814. The maximum Gasteiger partial charge on any atom is 0.433 e. The van der Waals surface area contributed by atoms with E-state index in [0.717, 1.165) is 0 Å². The number of hydrazone groups is 1. The number of furan rings is 1. The van der Waals surface area contributed by atoms with Crippen molar-refractivity contribution in [2.24, 2.45) is 10.8 Å². The second kappa shape index (κ2) is 4.22. The van der Waals surface area contributed by atoms with E-state index in [1.165, 1.54) is 19.1 Å². The summed E-state index contributed by atoms with van der Waals surface area (Å²) in [5, 5.41) is 13.8. The standard InChI is InChI=1S/C7H8N4O4/c1-4(9-10-7(8)12)5-2-3-6(15-5)11(13)14/h2-3H,1H3,(H3,8,10,12)/b9-4+. The average molecular weight is 212 g/mol. The normalized spacial score (nSPS) is 11.1. The summed E-state index contributed by atoms with van der Waals surface area (Å²) in [5.74, 6) is -0.200. The van der Waals surface area contributed by atoms with Gasteiger partial charge in [-0.25, -0.2) is 10.2 Å². The molecule has 0 bridgehead atoms. The lowest BCUT2D eigenvalue weighted by Gasteiger charge is -1.94. The van der Waals surface area contributed by atoms with Gasteiger partial charge in [-0.3, -0.25) is 10.1 Å². The maximum atomic E-state index is 10.3. The zero-order valence-electron chi connectivity index (χ0n) is 7.76. The van der Waals surface area contributed by atoms with Crippen LogP contribution in [0.15, 0.2) is 21.7 Å². The number of rotatable bonds is 3. The Hall–Kier alpha value is -2.38. The highest BCUT2D eigenvalue weighted by Gasteiger charge is 2.13. The smallest absolute Gasteiger partial charge is 0.399 e. The first kappa shape index (κ1) is 10.7. The number of nitro groups is 1. The Bertz CT molecular complexity index is 422. The lowest BCUT2D eigenvalue weighted by atomic mass is 10.3. The Morgan fingerprint density at radius 1 is 1.67 bits per heavy atom. The predicted molar refractivity (Wildman–Crippen MR) is 50.3 cm³/mol. The molecule has 0 radical (unpaired) electrons. The summed E-state index contributed by atoms with van der Waals surface area (Å²) in [6.45, 7) is 1.51. The van der Waals surface area contributed by atoms with Crippen LogP contribution in [0.25, 0.3) is 0 Å². The van der Waals surface area contributed by atoms with Crippen molar-refractivity contribution in [3.63, 3.8) is 0 Å². The lowest BCUT2D eigenvalue weighted by Crippen LogP contribution is -2.25. The van der Waals surface area contributed by atoms with E-state index in [9.17, 15) is 14.9 Å². The van der Waals surface area contributed by atoms with Gasteiger partial charge in [0.15, 0.2) is 5.76 Å². The van der Waals surface area contributed by atoms with Crippen molar-refractivity contribution < 1.29 is 14.1 Å². The van der Waals surface area contributed by atoms with Crippen LogP contribution >= 0.6 is 0 Å². The maximum absolute atomic E-state index is 10.3. The van der Waals surface area contributed by atoms with Gasteiger partial charge in [0.05, 0.1) is 6.07 Å². The van der Waals surface area contributed by atoms with Crippen molar-refractivity contribution in [2.45, 2.75) is 6.92 Å². The number of carbonyl (C=O) groups is 1. The molecule has 0 aromatic carbocycles. The molecule has 1 rings (SSSR count). The Morgan fingerprint density at radius 2 is 2.33 bits per heavy atom. The van der Waals surface area contributed by atoms with Gasteiger partial charge in [0, 0.05) is 0 Å². The summed E-state index contributed by atoms with van der Waals surface area (Å²) >= 11 is 0. The summed E-state index contributed by atoms with van der Waals surface area (Å²) in [6, 6.07) is 1.74. The van der Waals surface area contributed by atoms with E-state index in [-0.39, 0.29) is 11.5 Å². The molecular weight excluding hydrogens is 204 g/mol. The van der Waals surface area contributed by atoms with E-state index >= 15 is 0 Å². The number of carbonyl (C=O) groups excluding carboxylic acids is 1. The minimum Gasteiger partial charge on any atom is -0.399 e. The molecule has 0 fully saturated rings. The quantitative estimate of drug-likeness (QED) is 0.432. The van der Waals surface area contributed by atoms with E-state index in [4.69, 9.17) is 10.2 Å². The Kier molecular flexibility index (Phi) is 3.01. The van der Waals surface area contributed by atoms with Crippen LogP contribution in [0, 0.1) is 10.1 Å². The molecule has 8 nitrogen and oxygen atoms in total. The van der Waals surface area contributed by atoms with Crippen molar-refractivity contribution >= 4 is 17.6 Å². The molecular formula is C7H8N4O4. The van der Waals surface area contributed by atoms with Gasteiger partial charge in [0.25, 0.3) is 0 Å². The first-order chi connectivity index (χ1) is 7.00. The van der Waals surface area contributed by atoms with Crippen molar-refractivity contribution in [3.8, 4) is 0 Å². The third-order valence-corrected chi connectivity index (χ3v) is 1.46. The molecule has 1 aromatic rings. The number of hydrogen-bond acceptors (Lipinski definition) is 5. The SMILES string of the molecule is C/C(=N\NC(N)=O)c1ccc([N+](=O)[O-])o1. The van der Waals surface area contributed by atoms with Gasteiger partial charge < -0.3 is 10.2 Å². The van der Waals surface area contributed by atoms with E-state index < -0.39 is 16.8 Å². The predicted octanol–water partition coefficient (Wildman–Crippen LogP) is 0.580. The number of urea groups is 1. The van der Waals surface area contributed by atoms with Gasteiger partial charge in [-0.05, 0) is 13.0 Å². The largest absolute Gasteiger partial charge is 0.433 e. The summed E-state index contributed by atoms with van der Waals surface area (Å²) in [5.41, 5.74) is 7.04. The highest BCUT2D eigenvalue weighted by molar-refractivity contribution is 5.96. The molecule has 2 amide bonds. The van der Waals surface area contributed by atoms with E-state index in [1.807, 2.05) is 5.43 Å². The molecule has 15 heavy (non-hydrogen) atoms. The molecule has 3 N–H and O–H groups in total. The molecule has 0 unspecified atom stereocenters. The van der Waals surface area contributed by atoms with Gasteiger partial charge in [-0.15, -0.1) is 0 Å². The molecule has 1 aromatic heterocycles. The summed E-state index contributed by atoms with van der Waals surface area (Å²) < 4.78 is 4.82. The van der Waals surface area contributed by atoms with Crippen LogP contribution in [0.1, 0.15) is 12.7 Å². The Balaban J connectivity index is 2.82. The molecule has 0 saturated heterocycles. The molecule has 8 heteroatoms. The van der Waals surface area contributed by atoms with Crippen LogP contribution in [0.3, 0.4) is 0 Å². The topological polar surface area (TPSA) is 124 Å². The summed E-state index contributed by atoms with van der Waals surface area (Å²) in [4.78, 5) is 19.9. The average Bonchev–Trinajstić information content (AvgIpc) is 2.62. The molecule has 0 saturated carbocycles. The monoisotopic (exact) mass is 212 g/mol.